The van der Waals surface area contributed by atoms with E-state index in [0.29, 0.717) is 11.1 Å². The molecule has 0 saturated heterocycles. The van der Waals surface area contributed by atoms with Gasteiger partial charge in [0.1, 0.15) is 0 Å². The molecule has 1 N–H and O–H groups in total. The topological polar surface area (TPSA) is 44.0 Å². The summed E-state index contributed by atoms with van der Waals surface area (Å²) in [6.07, 6.45) is 2.91. The summed E-state index contributed by atoms with van der Waals surface area (Å²) in [4.78, 5) is 0. The monoisotopic (exact) mass is 135 g/mol. The van der Waals surface area contributed by atoms with Crippen molar-refractivity contribution in [2.75, 3.05) is 6.61 Å². The van der Waals surface area contributed by atoms with Crippen molar-refractivity contribution < 1.29 is 5.11 Å². The van der Waals surface area contributed by atoms with Gasteiger partial charge in [-0.05, 0) is 11.6 Å². The summed E-state index contributed by atoms with van der Waals surface area (Å²) in [7, 11) is 0. The molecule has 0 rings (SSSR count). The third-order valence-electron chi connectivity index (χ3n) is 0.912. The maximum atomic E-state index is 8.49. The van der Waals surface area contributed by atoms with Gasteiger partial charge >= 0.3 is 0 Å². The molecule has 2 heteroatoms. The summed E-state index contributed by atoms with van der Waals surface area (Å²) >= 11 is 0. The van der Waals surface area contributed by atoms with E-state index in [4.69, 9.17) is 10.4 Å². The third kappa shape index (κ3) is 2.85. The fourth-order valence-corrected chi connectivity index (χ4v) is 0.402. The SMILES string of the molecule is C=C/C(C#N)=C\C(=C)CO. The zero-order valence-electron chi connectivity index (χ0n) is 5.67. The first-order valence-corrected chi connectivity index (χ1v) is 2.77. The van der Waals surface area contributed by atoms with Gasteiger partial charge in [-0.25, -0.2) is 0 Å². The molecule has 0 aliphatic carbocycles. The van der Waals surface area contributed by atoms with Crippen LogP contribution in [-0.2, 0) is 0 Å². The molecule has 0 unspecified atom stereocenters. The van der Waals surface area contributed by atoms with E-state index in [1.54, 1.807) is 0 Å². The molecule has 0 aromatic heterocycles. The molecular formula is C8H9NO. The van der Waals surface area contributed by atoms with Crippen molar-refractivity contribution in [2.45, 2.75) is 0 Å². The Labute approximate surface area is 60.4 Å². The van der Waals surface area contributed by atoms with Crippen molar-refractivity contribution in [3.05, 3.63) is 36.5 Å². The highest BCUT2D eigenvalue weighted by Gasteiger charge is 1.88. The highest BCUT2D eigenvalue weighted by Crippen LogP contribution is 1.98. The number of nitriles is 1. The van der Waals surface area contributed by atoms with Gasteiger partial charge in [-0.3, -0.25) is 0 Å². The molecule has 0 aromatic rings. The van der Waals surface area contributed by atoms with Crippen molar-refractivity contribution in [1.29, 1.82) is 5.26 Å². The molecule has 0 atom stereocenters. The summed E-state index contributed by atoms with van der Waals surface area (Å²) in [5, 5.41) is 16.8. The number of hydrogen-bond acceptors (Lipinski definition) is 2. The highest BCUT2D eigenvalue weighted by atomic mass is 16.3. The lowest BCUT2D eigenvalue weighted by molar-refractivity contribution is 0.335. The molecule has 0 heterocycles. The molecule has 0 aliphatic rings. The Morgan fingerprint density at radius 1 is 1.70 bits per heavy atom. The Morgan fingerprint density at radius 3 is 2.60 bits per heavy atom. The summed E-state index contributed by atoms with van der Waals surface area (Å²) in [6.45, 7) is 6.76. The molecule has 0 aromatic carbocycles. The first-order valence-electron chi connectivity index (χ1n) is 2.77. The minimum absolute atomic E-state index is 0.126. The van der Waals surface area contributed by atoms with E-state index < -0.39 is 0 Å². The maximum absolute atomic E-state index is 8.49. The van der Waals surface area contributed by atoms with E-state index in [0.717, 1.165) is 0 Å². The van der Waals surface area contributed by atoms with Gasteiger partial charge in [-0.15, -0.1) is 0 Å². The van der Waals surface area contributed by atoms with Crippen molar-refractivity contribution in [3.63, 3.8) is 0 Å². The van der Waals surface area contributed by atoms with Crippen LogP contribution < -0.4 is 0 Å². The van der Waals surface area contributed by atoms with Crippen LogP contribution in [0.15, 0.2) is 36.5 Å². The van der Waals surface area contributed by atoms with Gasteiger partial charge in [0, 0.05) is 0 Å². The van der Waals surface area contributed by atoms with Crippen LogP contribution in [0.25, 0.3) is 0 Å². The summed E-state index contributed by atoms with van der Waals surface area (Å²) in [6, 6.07) is 1.89. The van der Waals surface area contributed by atoms with Gasteiger partial charge in [-0.2, -0.15) is 5.26 Å². The lowest BCUT2D eigenvalue weighted by Gasteiger charge is -1.90. The molecule has 0 bridgehead atoms. The van der Waals surface area contributed by atoms with Gasteiger partial charge in [0.25, 0.3) is 0 Å². The molecule has 2 nitrogen and oxygen atoms in total. The lowest BCUT2D eigenvalue weighted by Crippen LogP contribution is -1.84. The average Bonchev–Trinajstić information content (AvgIpc) is 1.99. The van der Waals surface area contributed by atoms with Crippen LogP contribution in [0.3, 0.4) is 0 Å². The molecule has 10 heavy (non-hydrogen) atoms. The first kappa shape index (κ1) is 8.67. The number of nitrogens with zero attached hydrogens (tertiary/aromatic N) is 1. The Hall–Kier alpha value is -1.33. The fourth-order valence-electron chi connectivity index (χ4n) is 0.402. The third-order valence-corrected chi connectivity index (χ3v) is 0.912. The largest absolute Gasteiger partial charge is 0.392 e. The van der Waals surface area contributed by atoms with Crippen LogP contribution in [0.4, 0.5) is 0 Å². The number of hydrogen-bond donors (Lipinski definition) is 1. The van der Waals surface area contributed by atoms with E-state index >= 15 is 0 Å². The van der Waals surface area contributed by atoms with E-state index in [2.05, 4.69) is 13.2 Å². The summed E-state index contributed by atoms with van der Waals surface area (Å²) in [5.41, 5.74) is 0.926. The Morgan fingerprint density at radius 2 is 2.30 bits per heavy atom. The van der Waals surface area contributed by atoms with Crippen molar-refractivity contribution in [2.24, 2.45) is 0 Å². The predicted octanol–water partition coefficient (Wildman–Crippen LogP) is 1.17. The summed E-state index contributed by atoms with van der Waals surface area (Å²) in [5.74, 6) is 0. The normalized spacial score (nSPS) is 10.2. The van der Waals surface area contributed by atoms with Gasteiger partial charge in [-0.1, -0.05) is 19.2 Å². The van der Waals surface area contributed by atoms with Crippen molar-refractivity contribution in [1.82, 2.24) is 0 Å². The molecule has 0 radical (unpaired) electrons. The minimum Gasteiger partial charge on any atom is -0.392 e. The highest BCUT2D eigenvalue weighted by molar-refractivity contribution is 5.37. The number of aliphatic hydroxyl groups is 1. The smallest absolute Gasteiger partial charge is 0.0991 e. The molecule has 0 aliphatic heterocycles. The second-order valence-electron chi connectivity index (χ2n) is 1.73. The Bertz CT molecular complexity index is 208. The minimum atomic E-state index is -0.126. The van der Waals surface area contributed by atoms with Crippen molar-refractivity contribution in [3.8, 4) is 6.07 Å². The zero-order chi connectivity index (χ0) is 7.98. The number of rotatable bonds is 3. The second-order valence-corrected chi connectivity index (χ2v) is 1.73. The second kappa shape index (κ2) is 4.54. The van der Waals surface area contributed by atoms with Gasteiger partial charge in [0.05, 0.1) is 18.2 Å². The van der Waals surface area contributed by atoms with Crippen LogP contribution in [-0.4, -0.2) is 11.7 Å². The standard InChI is InChI=1S/C8H9NO/c1-3-8(5-9)4-7(2)6-10/h3-4,10H,1-2,6H2/b8-4+. The molecule has 0 fully saturated rings. The molecule has 0 spiro atoms. The summed E-state index contributed by atoms with van der Waals surface area (Å²) < 4.78 is 0. The van der Waals surface area contributed by atoms with Crippen LogP contribution in [0.1, 0.15) is 0 Å². The fraction of sp³-hybridized carbons (Fsp3) is 0.125. The Balaban J connectivity index is 4.28. The van der Waals surface area contributed by atoms with Crippen LogP contribution in [0.2, 0.25) is 0 Å². The van der Waals surface area contributed by atoms with Crippen LogP contribution >= 0.6 is 0 Å². The van der Waals surface area contributed by atoms with Crippen LogP contribution in [0.5, 0.6) is 0 Å². The van der Waals surface area contributed by atoms with Gasteiger partial charge in [0.15, 0.2) is 0 Å². The van der Waals surface area contributed by atoms with Gasteiger partial charge < -0.3 is 5.11 Å². The number of allylic oxidation sites excluding steroid dienone is 2. The van der Waals surface area contributed by atoms with Crippen LogP contribution in [0, 0.1) is 11.3 Å². The maximum Gasteiger partial charge on any atom is 0.0991 e. The van der Waals surface area contributed by atoms with E-state index in [9.17, 15) is 0 Å². The van der Waals surface area contributed by atoms with E-state index in [-0.39, 0.29) is 6.61 Å². The van der Waals surface area contributed by atoms with E-state index in [1.165, 1.54) is 12.2 Å². The Kier molecular flexibility index (Phi) is 3.94. The number of aliphatic hydroxyl groups excluding tert-OH is 1. The first-order chi connectivity index (χ1) is 4.74. The van der Waals surface area contributed by atoms with Gasteiger partial charge in [0.2, 0.25) is 0 Å². The van der Waals surface area contributed by atoms with E-state index in [1.807, 2.05) is 6.07 Å². The molecular weight excluding hydrogens is 126 g/mol. The molecule has 52 valence electrons. The zero-order valence-corrected chi connectivity index (χ0v) is 5.67. The average molecular weight is 135 g/mol. The van der Waals surface area contributed by atoms with Crippen molar-refractivity contribution >= 4 is 0 Å². The quantitative estimate of drug-likeness (QED) is 0.466. The lowest BCUT2D eigenvalue weighted by atomic mass is 10.2. The predicted molar refractivity (Wildman–Crippen MR) is 40.1 cm³/mol. The molecule has 0 amide bonds. The molecule has 0 saturated carbocycles.